The fourth-order valence-electron chi connectivity index (χ4n) is 2.00. The van der Waals surface area contributed by atoms with Crippen molar-refractivity contribution in [3.05, 3.63) is 47.5 Å². The molecule has 4 N–H and O–H groups in total. The summed E-state index contributed by atoms with van der Waals surface area (Å²) in [6.07, 6.45) is 0.843. The lowest BCUT2D eigenvalue weighted by atomic mass is 9.99. The van der Waals surface area contributed by atoms with E-state index in [9.17, 15) is 0 Å². The number of benzene rings is 2. The molecule has 0 saturated carbocycles. The first-order valence-electron chi connectivity index (χ1n) is 5.17. The van der Waals surface area contributed by atoms with Crippen LogP contribution in [0.15, 0.2) is 36.4 Å². The van der Waals surface area contributed by atoms with Crippen LogP contribution in [0.1, 0.15) is 11.1 Å². The molecule has 2 aromatic carbocycles. The third kappa shape index (κ3) is 1.29. The molecule has 0 unspecified atom stereocenters. The molecule has 3 nitrogen and oxygen atoms in total. The minimum absolute atomic E-state index is 0.672. The second-order valence-electron chi connectivity index (χ2n) is 3.98. The van der Waals surface area contributed by atoms with Gasteiger partial charge in [-0.15, -0.1) is 0 Å². The van der Waals surface area contributed by atoms with Crippen LogP contribution in [0.2, 0.25) is 0 Å². The lowest BCUT2D eigenvalue weighted by molar-refractivity contribution is 0.463. The zero-order chi connectivity index (χ0) is 11.1. The highest BCUT2D eigenvalue weighted by molar-refractivity contribution is 5.63. The number of nitrogen functional groups attached to an aromatic ring is 2. The molecule has 0 fully saturated rings. The highest BCUT2D eigenvalue weighted by atomic mass is 16.5. The maximum Gasteiger partial charge on any atom is 0.153 e. The summed E-state index contributed by atoms with van der Waals surface area (Å²) in [6, 6.07) is 11.5. The molecular formula is C13H12N2O. The van der Waals surface area contributed by atoms with E-state index in [0.717, 1.165) is 29.0 Å². The summed E-state index contributed by atoms with van der Waals surface area (Å²) in [6.45, 7) is 0. The van der Waals surface area contributed by atoms with E-state index in [-0.39, 0.29) is 0 Å². The van der Waals surface area contributed by atoms with Gasteiger partial charge < -0.3 is 16.2 Å². The van der Waals surface area contributed by atoms with E-state index >= 15 is 0 Å². The number of ether oxygens (including phenoxy) is 1. The van der Waals surface area contributed by atoms with E-state index in [4.69, 9.17) is 16.2 Å². The predicted octanol–water partition coefficient (Wildman–Crippen LogP) is 2.55. The lowest BCUT2D eigenvalue weighted by Gasteiger charge is -2.21. The molecular weight excluding hydrogens is 200 g/mol. The van der Waals surface area contributed by atoms with E-state index in [1.54, 1.807) is 0 Å². The maximum absolute atomic E-state index is 5.88. The van der Waals surface area contributed by atoms with Gasteiger partial charge in [0.05, 0.1) is 5.69 Å². The van der Waals surface area contributed by atoms with Gasteiger partial charge in [0.1, 0.15) is 5.75 Å². The molecule has 0 aliphatic carbocycles. The summed E-state index contributed by atoms with van der Waals surface area (Å²) in [5.74, 6) is 1.58. The van der Waals surface area contributed by atoms with Crippen LogP contribution in [-0.4, -0.2) is 0 Å². The van der Waals surface area contributed by atoms with E-state index in [1.165, 1.54) is 0 Å². The first-order chi connectivity index (χ1) is 7.74. The zero-order valence-electron chi connectivity index (χ0n) is 8.73. The summed E-state index contributed by atoms with van der Waals surface area (Å²) in [5.41, 5.74) is 15.3. The summed E-state index contributed by atoms with van der Waals surface area (Å²) < 4.78 is 5.78. The molecule has 0 amide bonds. The van der Waals surface area contributed by atoms with Crippen LogP contribution in [0.4, 0.5) is 11.4 Å². The van der Waals surface area contributed by atoms with Crippen LogP contribution in [-0.2, 0) is 6.42 Å². The largest absolute Gasteiger partial charge is 0.455 e. The van der Waals surface area contributed by atoms with Crippen molar-refractivity contribution in [1.82, 2.24) is 0 Å². The number of hydrogen-bond acceptors (Lipinski definition) is 3. The summed E-state index contributed by atoms with van der Waals surface area (Å²) in [5, 5.41) is 0. The Kier molecular flexibility index (Phi) is 1.80. The van der Waals surface area contributed by atoms with Crippen LogP contribution in [0, 0.1) is 0 Å². The fraction of sp³-hybridized carbons (Fsp3) is 0.0769. The van der Waals surface area contributed by atoms with Gasteiger partial charge in [-0.05, 0) is 17.7 Å². The average Bonchev–Trinajstić information content (AvgIpc) is 2.28. The Morgan fingerprint density at radius 2 is 1.88 bits per heavy atom. The van der Waals surface area contributed by atoms with Crippen molar-refractivity contribution < 1.29 is 4.74 Å². The van der Waals surface area contributed by atoms with Crippen molar-refractivity contribution in [1.29, 1.82) is 0 Å². The molecule has 0 radical (unpaired) electrons. The molecule has 0 atom stereocenters. The lowest BCUT2D eigenvalue weighted by Crippen LogP contribution is -2.05. The van der Waals surface area contributed by atoms with Gasteiger partial charge in [-0.2, -0.15) is 0 Å². The summed E-state index contributed by atoms with van der Waals surface area (Å²) in [7, 11) is 0. The van der Waals surface area contributed by atoms with Gasteiger partial charge >= 0.3 is 0 Å². The molecule has 0 bridgehead atoms. The Morgan fingerprint density at radius 3 is 2.75 bits per heavy atom. The van der Waals surface area contributed by atoms with Crippen molar-refractivity contribution >= 4 is 11.4 Å². The molecule has 1 aliphatic heterocycles. The highest BCUT2D eigenvalue weighted by Gasteiger charge is 2.18. The van der Waals surface area contributed by atoms with Crippen molar-refractivity contribution in [2.75, 3.05) is 11.5 Å². The van der Waals surface area contributed by atoms with Gasteiger partial charge in [0.15, 0.2) is 5.75 Å². The molecule has 2 aromatic rings. The molecule has 16 heavy (non-hydrogen) atoms. The second-order valence-corrected chi connectivity index (χ2v) is 3.98. The molecule has 0 spiro atoms. The number of hydrogen-bond donors (Lipinski definition) is 2. The summed E-state index contributed by atoms with van der Waals surface area (Å²) >= 11 is 0. The molecule has 0 aromatic heterocycles. The molecule has 1 aliphatic rings. The second kappa shape index (κ2) is 3.17. The Labute approximate surface area is 93.6 Å². The van der Waals surface area contributed by atoms with Crippen LogP contribution < -0.4 is 16.2 Å². The first kappa shape index (κ1) is 9.09. The Bertz CT molecular complexity index is 564. The Hall–Kier alpha value is -2.16. The third-order valence-corrected chi connectivity index (χ3v) is 2.81. The smallest absolute Gasteiger partial charge is 0.153 e. The van der Waals surface area contributed by atoms with Crippen LogP contribution >= 0.6 is 0 Å². The highest BCUT2D eigenvalue weighted by Crippen LogP contribution is 2.40. The standard InChI is InChI=1S/C13H12N2O/c14-10-5-4-8-6-9-2-1-3-11(15)13(9)16-12(8)7-10/h1-5,7H,6,14-15H2. The number of anilines is 2. The van der Waals surface area contributed by atoms with Gasteiger partial charge in [-0.25, -0.2) is 0 Å². The van der Waals surface area contributed by atoms with Gasteiger partial charge in [0.25, 0.3) is 0 Å². The number of rotatable bonds is 0. The maximum atomic E-state index is 5.88. The normalized spacial score (nSPS) is 12.5. The minimum Gasteiger partial charge on any atom is -0.455 e. The van der Waals surface area contributed by atoms with Gasteiger partial charge in [-0.3, -0.25) is 0 Å². The predicted molar refractivity (Wildman–Crippen MR) is 64.6 cm³/mol. The molecule has 1 heterocycles. The van der Waals surface area contributed by atoms with Crippen LogP contribution in [0.5, 0.6) is 11.5 Å². The minimum atomic E-state index is 0.672. The topological polar surface area (TPSA) is 61.3 Å². The molecule has 0 saturated heterocycles. The summed E-state index contributed by atoms with van der Waals surface area (Å²) in [4.78, 5) is 0. The van der Waals surface area contributed by atoms with E-state index in [2.05, 4.69) is 0 Å². The van der Waals surface area contributed by atoms with Crippen molar-refractivity contribution in [3.8, 4) is 11.5 Å². The van der Waals surface area contributed by atoms with Crippen molar-refractivity contribution in [3.63, 3.8) is 0 Å². The molecule has 3 rings (SSSR count). The monoisotopic (exact) mass is 212 g/mol. The molecule has 80 valence electrons. The van der Waals surface area contributed by atoms with Crippen LogP contribution in [0.25, 0.3) is 0 Å². The fourth-order valence-corrected chi connectivity index (χ4v) is 2.00. The van der Waals surface area contributed by atoms with Crippen molar-refractivity contribution in [2.24, 2.45) is 0 Å². The molecule has 3 heteroatoms. The number of nitrogens with two attached hydrogens (primary N) is 2. The van der Waals surface area contributed by atoms with Crippen molar-refractivity contribution in [2.45, 2.75) is 6.42 Å². The van der Waals surface area contributed by atoms with Crippen LogP contribution in [0.3, 0.4) is 0 Å². The SMILES string of the molecule is Nc1ccc2c(c1)Oc1c(N)cccc1C2. The van der Waals surface area contributed by atoms with Gasteiger partial charge in [0.2, 0.25) is 0 Å². The van der Waals surface area contributed by atoms with Gasteiger partial charge in [-0.1, -0.05) is 18.2 Å². The quantitative estimate of drug-likeness (QED) is 0.563. The third-order valence-electron chi connectivity index (χ3n) is 2.81. The van der Waals surface area contributed by atoms with E-state index < -0.39 is 0 Å². The van der Waals surface area contributed by atoms with E-state index in [0.29, 0.717) is 11.4 Å². The Balaban J connectivity index is 2.13. The van der Waals surface area contributed by atoms with Gasteiger partial charge in [0, 0.05) is 23.7 Å². The number of fused-ring (bicyclic) bond motifs is 2. The zero-order valence-corrected chi connectivity index (χ0v) is 8.73. The average molecular weight is 212 g/mol. The first-order valence-corrected chi connectivity index (χ1v) is 5.17. The van der Waals surface area contributed by atoms with E-state index in [1.807, 2.05) is 36.4 Å². The number of para-hydroxylation sites is 1. The Morgan fingerprint density at radius 1 is 1.00 bits per heavy atom.